The average molecular weight is 525 g/mol. The van der Waals surface area contributed by atoms with Gasteiger partial charge in [0.25, 0.3) is 0 Å². The first-order valence-electron chi connectivity index (χ1n) is 11.1. The summed E-state index contributed by atoms with van der Waals surface area (Å²) in [6.07, 6.45) is 0.650. The van der Waals surface area contributed by atoms with Crippen molar-refractivity contribution in [3.05, 3.63) is 12.2 Å². The van der Waals surface area contributed by atoms with Crippen molar-refractivity contribution in [1.82, 2.24) is 0 Å². The summed E-state index contributed by atoms with van der Waals surface area (Å²) < 4.78 is 30.0. The van der Waals surface area contributed by atoms with E-state index in [1.165, 1.54) is 0 Å². The number of hydrogen-bond donors (Lipinski definition) is 1. The molecule has 1 N–H and O–H groups in total. The van der Waals surface area contributed by atoms with Crippen LogP contribution in [0.1, 0.15) is 19.3 Å². The highest BCUT2D eigenvalue weighted by atomic mass is 28.5. The lowest BCUT2D eigenvalue weighted by Gasteiger charge is -2.42. The van der Waals surface area contributed by atoms with Gasteiger partial charge in [-0.25, -0.2) is 4.79 Å². The zero-order valence-corrected chi connectivity index (χ0v) is 25.5. The first kappa shape index (κ1) is 31.4. The fraction of sp³-hybridized carbons (Fsp3) is 0.800. The van der Waals surface area contributed by atoms with Gasteiger partial charge in [0.15, 0.2) is 25.0 Å². The molecule has 0 aromatic rings. The number of aliphatic hydroxyl groups excluding tert-OH is 1. The number of rotatable bonds is 16. The number of carbonyl (C=O) groups excluding carboxylic acids is 2. The number of esters is 2. The minimum Gasteiger partial charge on any atom is -0.465 e. The second kappa shape index (κ2) is 13.3. The second-order valence-electron chi connectivity index (χ2n) is 10.6. The van der Waals surface area contributed by atoms with Gasteiger partial charge in [-0.1, -0.05) is 6.58 Å². The summed E-state index contributed by atoms with van der Waals surface area (Å²) in [4.78, 5) is 23.9. The van der Waals surface area contributed by atoms with E-state index in [2.05, 4.69) is 65.5 Å². The van der Waals surface area contributed by atoms with Gasteiger partial charge in [0.2, 0.25) is 0 Å². The third-order valence-electron chi connectivity index (χ3n) is 3.46. The van der Waals surface area contributed by atoms with E-state index < -0.39 is 45.7 Å². The van der Waals surface area contributed by atoms with E-state index >= 15 is 0 Å². The van der Waals surface area contributed by atoms with Gasteiger partial charge in [-0.2, -0.15) is 0 Å². The van der Waals surface area contributed by atoms with Crippen LogP contribution in [0.4, 0.5) is 0 Å². The van der Waals surface area contributed by atoms with Crippen LogP contribution in [-0.4, -0.2) is 70.6 Å². The summed E-state index contributed by atoms with van der Waals surface area (Å²) >= 11 is 0. The first-order valence-corrected chi connectivity index (χ1v) is 23.3. The Balaban J connectivity index is 5.01. The van der Waals surface area contributed by atoms with E-state index in [9.17, 15) is 9.59 Å². The summed E-state index contributed by atoms with van der Waals surface area (Å²) in [5.74, 6) is -1.19. The van der Waals surface area contributed by atoms with E-state index in [4.69, 9.17) is 26.9 Å². The molecule has 0 saturated heterocycles. The normalized spacial score (nSPS) is 13.1. The van der Waals surface area contributed by atoms with Crippen LogP contribution in [0.2, 0.25) is 65.0 Å². The summed E-state index contributed by atoms with van der Waals surface area (Å²) in [5.41, 5.74) is 0.0394. The predicted octanol–water partition coefficient (Wildman–Crippen LogP) is 4.29. The second-order valence-corrected chi connectivity index (χ2v) is 27.6. The molecule has 32 heavy (non-hydrogen) atoms. The van der Waals surface area contributed by atoms with Gasteiger partial charge in [0, 0.05) is 24.6 Å². The molecule has 0 bridgehead atoms. The van der Waals surface area contributed by atoms with Crippen LogP contribution in [0.15, 0.2) is 12.2 Å². The lowest BCUT2D eigenvalue weighted by molar-refractivity contribution is -0.146. The highest BCUT2D eigenvalue weighted by Crippen LogP contribution is 2.30. The van der Waals surface area contributed by atoms with Crippen molar-refractivity contribution in [2.45, 2.75) is 84.2 Å². The molecule has 0 heterocycles. The van der Waals surface area contributed by atoms with E-state index in [0.29, 0.717) is 18.9 Å². The smallest absolute Gasteiger partial charge is 0.465 e. The van der Waals surface area contributed by atoms with Crippen LogP contribution in [-0.2, 0) is 31.4 Å². The van der Waals surface area contributed by atoms with Gasteiger partial charge in [-0.15, -0.1) is 0 Å². The number of hydrogen-bond acceptors (Lipinski definition) is 8. The third-order valence-corrected chi connectivity index (χ3v) is 15.5. The van der Waals surface area contributed by atoms with Crippen molar-refractivity contribution in [2.24, 2.45) is 0 Å². The van der Waals surface area contributed by atoms with Crippen LogP contribution >= 0.6 is 0 Å². The number of carbonyl (C=O) groups is 2. The molecule has 8 nitrogen and oxygen atoms in total. The maximum absolute atomic E-state index is 12.2. The Bertz CT molecular complexity index is 580. The topological polar surface area (TPSA) is 101 Å². The van der Waals surface area contributed by atoms with Crippen molar-refractivity contribution in [3.63, 3.8) is 0 Å². The number of ether oxygens (including phenoxy) is 2. The van der Waals surface area contributed by atoms with Crippen LogP contribution < -0.4 is 0 Å². The Morgan fingerprint density at radius 2 is 1.19 bits per heavy atom. The molecule has 0 fully saturated rings. The highest BCUT2D eigenvalue weighted by Gasteiger charge is 2.49. The molecule has 12 heteroatoms. The van der Waals surface area contributed by atoms with E-state index in [1.54, 1.807) is 0 Å². The minimum absolute atomic E-state index is 0.0394. The Morgan fingerprint density at radius 3 is 1.59 bits per heavy atom. The summed E-state index contributed by atoms with van der Waals surface area (Å²) in [7, 11) is -8.84. The van der Waals surface area contributed by atoms with Crippen molar-refractivity contribution in [1.29, 1.82) is 0 Å². The van der Waals surface area contributed by atoms with Gasteiger partial charge in [0.1, 0.15) is 0 Å². The maximum Gasteiger partial charge on any atom is 0.469 e. The zero-order chi connectivity index (χ0) is 25.2. The fourth-order valence-corrected chi connectivity index (χ4v) is 17.3. The molecule has 0 radical (unpaired) electrons. The van der Waals surface area contributed by atoms with Gasteiger partial charge in [-0.05, 0) is 65.3 Å². The average Bonchev–Trinajstić information content (AvgIpc) is 2.53. The van der Waals surface area contributed by atoms with Crippen molar-refractivity contribution < 1.29 is 36.5 Å². The molecule has 0 aliphatic carbocycles. The van der Waals surface area contributed by atoms with E-state index in [-0.39, 0.29) is 31.8 Å². The highest BCUT2D eigenvalue weighted by molar-refractivity contribution is 6.90. The molecule has 0 aromatic heterocycles. The molecule has 0 aliphatic rings. The fourth-order valence-electron chi connectivity index (χ4n) is 2.72. The van der Waals surface area contributed by atoms with Crippen molar-refractivity contribution in [2.75, 3.05) is 19.8 Å². The first-order chi connectivity index (χ1) is 14.4. The maximum atomic E-state index is 12.2. The molecule has 0 spiro atoms. The van der Waals surface area contributed by atoms with Crippen LogP contribution in [0.5, 0.6) is 0 Å². The Labute approximate surface area is 198 Å². The Hall–Kier alpha value is -0.612. The van der Waals surface area contributed by atoms with Gasteiger partial charge < -0.3 is 26.9 Å². The van der Waals surface area contributed by atoms with Crippen LogP contribution in [0.25, 0.3) is 0 Å². The van der Waals surface area contributed by atoms with Crippen molar-refractivity contribution >= 4 is 45.7 Å². The van der Waals surface area contributed by atoms with Crippen LogP contribution in [0.3, 0.4) is 0 Å². The zero-order valence-electron chi connectivity index (χ0n) is 21.5. The lowest BCUT2D eigenvalue weighted by Crippen LogP contribution is -2.60. The Kier molecular flexibility index (Phi) is 13.1. The third kappa shape index (κ3) is 16.1. The van der Waals surface area contributed by atoms with Crippen molar-refractivity contribution in [3.8, 4) is 0 Å². The summed E-state index contributed by atoms with van der Waals surface area (Å²) in [5, 5.41) is 8.71. The monoisotopic (exact) mass is 524 g/mol. The Morgan fingerprint density at radius 1 is 0.750 bits per heavy atom. The number of aliphatic hydroxyl groups is 1. The van der Waals surface area contributed by atoms with E-state index in [0.717, 1.165) is 0 Å². The molecular formula is C20H44O8Si4. The predicted molar refractivity (Wildman–Crippen MR) is 136 cm³/mol. The molecular weight excluding hydrogens is 481 g/mol. The lowest BCUT2D eigenvalue weighted by atomic mass is 10.2. The largest absolute Gasteiger partial charge is 0.469 e. The van der Waals surface area contributed by atoms with Gasteiger partial charge in [0.05, 0.1) is 19.6 Å². The molecule has 0 atom stereocenters. The van der Waals surface area contributed by atoms with E-state index in [1.807, 2.05) is 0 Å². The molecule has 0 aliphatic heterocycles. The SMILES string of the molecule is C=C(CC(=O)OCCCO)C(=O)OCCC[Si](O[Si](C)(C)C)(O[Si](C)(C)C)O[Si](C)(C)C. The molecule has 0 unspecified atom stereocenters. The standard InChI is InChI=1S/C20H44O8Si4/c1-18(17-19(22)24-14-11-13-21)20(23)25-15-12-16-32(26-29(2,3)4,27-30(5,6)7)28-31(8,9)10/h21H,1,11-17H2,2-10H3. The molecule has 0 rings (SSSR count). The van der Waals surface area contributed by atoms with Crippen LogP contribution in [0, 0.1) is 0 Å². The molecule has 0 amide bonds. The minimum atomic E-state index is -2.97. The van der Waals surface area contributed by atoms with Gasteiger partial charge >= 0.3 is 20.7 Å². The molecule has 0 aromatic carbocycles. The molecule has 188 valence electrons. The van der Waals surface area contributed by atoms with Gasteiger partial charge in [-0.3, -0.25) is 4.79 Å². The summed E-state index contributed by atoms with van der Waals surface area (Å²) in [6, 6.07) is 0.564. The summed E-state index contributed by atoms with van der Waals surface area (Å²) in [6.45, 7) is 22.9. The quantitative estimate of drug-likeness (QED) is 0.138. The molecule has 0 saturated carbocycles.